The summed E-state index contributed by atoms with van der Waals surface area (Å²) in [6.07, 6.45) is 6.43. The van der Waals surface area contributed by atoms with Gasteiger partial charge in [-0.05, 0) is 75.2 Å². The Labute approximate surface area is 160 Å². The number of piperidine rings is 1. The zero-order valence-corrected chi connectivity index (χ0v) is 16.1. The molecule has 2 saturated heterocycles. The Balaban J connectivity index is 1.38. The maximum absolute atomic E-state index is 15.3. The number of hydrogen-bond donors (Lipinski definition) is 0. The van der Waals surface area contributed by atoms with Crippen LogP contribution in [0.1, 0.15) is 56.1 Å². The third-order valence-electron chi connectivity index (χ3n) is 6.32. The minimum absolute atomic E-state index is 0.148. The van der Waals surface area contributed by atoms with Gasteiger partial charge in [0.1, 0.15) is 5.67 Å². The number of benzene rings is 1. The Morgan fingerprint density at radius 3 is 2.38 bits per heavy atom. The average molecular weight is 379 g/mol. The highest BCUT2D eigenvalue weighted by molar-refractivity contribution is 6.31. The molecule has 1 saturated carbocycles. The van der Waals surface area contributed by atoms with E-state index >= 15 is 4.39 Å². The Bertz CT molecular complexity index is 662. The molecule has 26 heavy (non-hydrogen) atoms. The van der Waals surface area contributed by atoms with Crippen molar-refractivity contribution in [2.45, 2.75) is 57.2 Å². The summed E-state index contributed by atoms with van der Waals surface area (Å²) in [6.45, 7) is 4.75. The molecule has 0 N–H and O–H groups in total. The molecule has 2 aliphatic heterocycles. The van der Waals surface area contributed by atoms with E-state index in [0.717, 1.165) is 51.1 Å². The first-order valence-electron chi connectivity index (χ1n) is 10.0. The molecule has 3 aliphatic rings. The van der Waals surface area contributed by atoms with Gasteiger partial charge in [0.2, 0.25) is 5.91 Å². The van der Waals surface area contributed by atoms with Gasteiger partial charge in [0.05, 0.1) is 0 Å². The van der Waals surface area contributed by atoms with Gasteiger partial charge < -0.3 is 4.90 Å². The monoisotopic (exact) mass is 378 g/mol. The van der Waals surface area contributed by atoms with Crippen molar-refractivity contribution in [2.75, 3.05) is 26.2 Å². The molecule has 0 radical (unpaired) electrons. The minimum Gasteiger partial charge on any atom is -0.342 e. The molecule has 1 amide bonds. The molecular weight excluding hydrogens is 351 g/mol. The average Bonchev–Trinajstić information content (AvgIpc) is 3.14. The Hall–Kier alpha value is -1.13. The summed E-state index contributed by atoms with van der Waals surface area (Å²) in [5.41, 5.74) is 0.308. The highest BCUT2D eigenvalue weighted by Crippen LogP contribution is 2.50. The third-order valence-corrected chi connectivity index (χ3v) is 6.67. The van der Waals surface area contributed by atoms with Crippen LogP contribution in [0.4, 0.5) is 4.39 Å². The van der Waals surface area contributed by atoms with Gasteiger partial charge in [0.25, 0.3) is 0 Å². The van der Waals surface area contributed by atoms with E-state index in [1.807, 2.05) is 17.0 Å². The Kier molecular flexibility index (Phi) is 5.24. The number of alkyl halides is 1. The normalized spacial score (nSPS) is 29.6. The van der Waals surface area contributed by atoms with Crippen LogP contribution in [0.2, 0.25) is 5.02 Å². The van der Waals surface area contributed by atoms with E-state index < -0.39 is 5.67 Å². The van der Waals surface area contributed by atoms with Crippen LogP contribution < -0.4 is 0 Å². The molecule has 0 unspecified atom stereocenters. The predicted octanol–water partition coefficient (Wildman–Crippen LogP) is 4.52. The summed E-state index contributed by atoms with van der Waals surface area (Å²) in [5, 5.41) is 0.650. The second-order valence-corrected chi connectivity index (χ2v) is 8.65. The fourth-order valence-corrected chi connectivity index (χ4v) is 4.88. The fourth-order valence-electron chi connectivity index (χ4n) is 4.64. The molecule has 0 atom stereocenters. The van der Waals surface area contributed by atoms with Gasteiger partial charge in [-0.2, -0.15) is 0 Å². The molecule has 3 fully saturated rings. The van der Waals surface area contributed by atoms with Crippen molar-refractivity contribution in [3.8, 4) is 0 Å². The molecule has 1 aliphatic carbocycles. The first kappa shape index (κ1) is 18.2. The highest BCUT2D eigenvalue weighted by atomic mass is 35.5. The van der Waals surface area contributed by atoms with Crippen molar-refractivity contribution < 1.29 is 9.18 Å². The van der Waals surface area contributed by atoms with E-state index in [4.69, 9.17) is 11.6 Å². The van der Waals surface area contributed by atoms with Gasteiger partial charge in [0, 0.05) is 30.6 Å². The molecule has 0 spiro atoms. The summed E-state index contributed by atoms with van der Waals surface area (Å²) in [5.74, 6) is -0.0177. The molecular formula is C21H28ClFN2O. The summed E-state index contributed by atoms with van der Waals surface area (Å²) >= 11 is 6.45. The quantitative estimate of drug-likeness (QED) is 0.768. The smallest absolute Gasteiger partial charge is 0.225 e. The zero-order valence-electron chi connectivity index (χ0n) is 15.4. The first-order valence-corrected chi connectivity index (χ1v) is 10.4. The number of rotatable bonds is 4. The van der Waals surface area contributed by atoms with E-state index in [2.05, 4.69) is 4.90 Å². The predicted molar refractivity (Wildman–Crippen MR) is 102 cm³/mol. The summed E-state index contributed by atoms with van der Waals surface area (Å²) in [4.78, 5) is 16.9. The molecule has 2 heterocycles. The standard InChI is InChI=1S/C21H28ClFN2O/c22-19-12-18(7-6-16(19)15-24-8-4-5-9-24)21(23)13-17(14-21)20(26)25-10-2-1-3-11-25/h6-7,12,17H,1-5,8-11,13-15H2. The number of hydrogen-bond acceptors (Lipinski definition) is 2. The Morgan fingerprint density at radius 2 is 1.73 bits per heavy atom. The van der Waals surface area contributed by atoms with E-state index in [1.165, 1.54) is 19.3 Å². The maximum Gasteiger partial charge on any atom is 0.225 e. The molecule has 4 rings (SSSR count). The maximum atomic E-state index is 15.3. The molecule has 142 valence electrons. The molecule has 0 bridgehead atoms. The van der Waals surface area contributed by atoms with Crippen molar-refractivity contribution in [1.82, 2.24) is 9.80 Å². The Morgan fingerprint density at radius 1 is 1.08 bits per heavy atom. The van der Waals surface area contributed by atoms with Crippen LogP contribution in [-0.2, 0) is 17.0 Å². The summed E-state index contributed by atoms with van der Waals surface area (Å²) in [6, 6.07) is 5.63. The lowest BCUT2D eigenvalue weighted by Gasteiger charge is -2.43. The van der Waals surface area contributed by atoms with Crippen molar-refractivity contribution in [3.05, 3.63) is 34.3 Å². The van der Waals surface area contributed by atoms with Gasteiger partial charge in [-0.3, -0.25) is 9.69 Å². The molecule has 1 aromatic rings. The van der Waals surface area contributed by atoms with Gasteiger partial charge in [-0.25, -0.2) is 4.39 Å². The van der Waals surface area contributed by atoms with Gasteiger partial charge >= 0.3 is 0 Å². The van der Waals surface area contributed by atoms with E-state index in [0.29, 0.717) is 23.4 Å². The lowest BCUT2D eigenvalue weighted by molar-refractivity contribution is -0.146. The summed E-state index contributed by atoms with van der Waals surface area (Å²) in [7, 11) is 0. The van der Waals surface area contributed by atoms with Crippen LogP contribution in [0.5, 0.6) is 0 Å². The second-order valence-electron chi connectivity index (χ2n) is 8.25. The molecule has 5 heteroatoms. The van der Waals surface area contributed by atoms with E-state index in [-0.39, 0.29) is 11.8 Å². The molecule has 0 aromatic heterocycles. The largest absolute Gasteiger partial charge is 0.342 e. The fraction of sp³-hybridized carbons (Fsp3) is 0.667. The van der Waals surface area contributed by atoms with Crippen LogP contribution in [0.3, 0.4) is 0 Å². The summed E-state index contributed by atoms with van der Waals surface area (Å²) < 4.78 is 15.3. The molecule has 3 nitrogen and oxygen atoms in total. The number of amides is 1. The number of halogens is 2. The van der Waals surface area contributed by atoms with E-state index in [1.54, 1.807) is 6.07 Å². The highest BCUT2D eigenvalue weighted by Gasteiger charge is 2.50. The van der Waals surface area contributed by atoms with Crippen LogP contribution in [0, 0.1) is 5.92 Å². The lowest BCUT2D eigenvalue weighted by atomic mass is 9.68. The SMILES string of the molecule is O=C(C1CC(F)(c2ccc(CN3CCCC3)c(Cl)c2)C1)N1CCCCC1. The third kappa shape index (κ3) is 3.63. The topological polar surface area (TPSA) is 23.6 Å². The zero-order chi connectivity index (χ0) is 18.1. The first-order chi connectivity index (χ1) is 12.5. The number of likely N-dealkylation sites (tertiary alicyclic amines) is 2. The number of nitrogens with zero attached hydrogens (tertiary/aromatic N) is 2. The van der Waals surface area contributed by atoms with Crippen LogP contribution in [-0.4, -0.2) is 41.9 Å². The van der Waals surface area contributed by atoms with Crippen LogP contribution in [0.15, 0.2) is 18.2 Å². The molecule has 1 aromatic carbocycles. The van der Waals surface area contributed by atoms with Gasteiger partial charge in [0.15, 0.2) is 0 Å². The minimum atomic E-state index is -1.40. The van der Waals surface area contributed by atoms with Crippen LogP contribution >= 0.6 is 11.6 Å². The van der Waals surface area contributed by atoms with E-state index in [9.17, 15) is 4.79 Å². The van der Waals surface area contributed by atoms with Crippen molar-refractivity contribution >= 4 is 17.5 Å². The van der Waals surface area contributed by atoms with Gasteiger partial charge in [-0.15, -0.1) is 0 Å². The number of carbonyl (C=O) groups is 1. The second kappa shape index (κ2) is 7.47. The van der Waals surface area contributed by atoms with Crippen molar-refractivity contribution in [1.29, 1.82) is 0 Å². The van der Waals surface area contributed by atoms with Crippen molar-refractivity contribution in [2.24, 2.45) is 5.92 Å². The number of carbonyl (C=O) groups excluding carboxylic acids is 1. The van der Waals surface area contributed by atoms with Crippen molar-refractivity contribution in [3.63, 3.8) is 0 Å². The van der Waals surface area contributed by atoms with Crippen LogP contribution in [0.25, 0.3) is 0 Å². The lowest BCUT2D eigenvalue weighted by Crippen LogP contribution is -2.48. The van der Waals surface area contributed by atoms with Gasteiger partial charge in [-0.1, -0.05) is 23.7 Å².